The number of benzene rings is 3. The molecule has 0 spiro atoms. The summed E-state index contributed by atoms with van der Waals surface area (Å²) in [6.45, 7) is 3.70. The molecule has 0 saturated heterocycles. The molecule has 1 aliphatic heterocycles. The van der Waals surface area contributed by atoms with E-state index in [1.165, 1.54) is 12.1 Å². The van der Waals surface area contributed by atoms with Gasteiger partial charge in [-0.15, -0.1) is 0 Å². The lowest BCUT2D eigenvalue weighted by molar-refractivity contribution is -0.141. The Bertz CT molecular complexity index is 1700. The zero-order valence-corrected chi connectivity index (χ0v) is 22.0. The summed E-state index contributed by atoms with van der Waals surface area (Å²) in [6.07, 6.45) is 3.34. The summed E-state index contributed by atoms with van der Waals surface area (Å²) in [5.74, 6) is -1.58. The van der Waals surface area contributed by atoms with Gasteiger partial charge in [-0.25, -0.2) is 9.07 Å². The highest BCUT2D eigenvalue weighted by molar-refractivity contribution is 6.19. The fourth-order valence-corrected chi connectivity index (χ4v) is 4.55. The van der Waals surface area contributed by atoms with Crippen molar-refractivity contribution in [1.82, 2.24) is 14.7 Å². The van der Waals surface area contributed by atoms with Crippen LogP contribution in [0.4, 0.5) is 4.39 Å². The maximum atomic E-state index is 14.8. The molecule has 0 radical (unpaired) electrons. The summed E-state index contributed by atoms with van der Waals surface area (Å²) >= 11 is 0. The van der Waals surface area contributed by atoms with Crippen LogP contribution in [0.1, 0.15) is 25.0 Å². The van der Waals surface area contributed by atoms with Gasteiger partial charge in [-0.1, -0.05) is 48.5 Å². The number of carbonyl (C=O) groups is 2. The van der Waals surface area contributed by atoms with Crippen molar-refractivity contribution in [3.8, 4) is 28.8 Å². The van der Waals surface area contributed by atoms with Gasteiger partial charge in [0.2, 0.25) is 0 Å². The Balaban J connectivity index is 1.65. The van der Waals surface area contributed by atoms with Crippen LogP contribution in [0, 0.1) is 17.1 Å². The van der Waals surface area contributed by atoms with E-state index in [4.69, 9.17) is 9.84 Å². The molecule has 0 aliphatic carbocycles. The summed E-state index contributed by atoms with van der Waals surface area (Å²) in [4.78, 5) is 27.9. The van der Waals surface area contributed by atoms with Gasteiger partial charge in [0.1, 0.15) is 17.3 Å². The van der Waals surface area contributed by atoms with Crippen molar-refractivity contribution >= 4 is 17.9 Å². The zero-order chi connectivity index (χ0) is 28.2. The average molecular weight is 533 g/mol. The molecule has 0 bridgehead atoms. The number of halogens is 1. The molecule has 40 heavy (non-hydrogen) atoms. The molecule has 0 N–H and O–H groups in total. The molecular formula is C32H25FN4O3. The molecule has 7 nitrogen and oxygen atoms in total. The van der Waals surface area contributed by atoms with Gasteiger partial charge in [-0.2, -0.15) is 10.4 Å². The maximum absolute atomic E-state index is 14.8. The van der Waals surface area contributed by atoms with Crippen molar-refractivity contribution in [3.05, 3.63) is 119 Å². The predicted octanol–water partition coefficient (Wildman–Crippen LogP) is 5.87. The molecule has 2 amide bonds. The van der Waals surface area contributed by atoms with Crippen LogP contribution in [0.5, 0.6) is 5.75 Å². The molecule has 4 aromatic rings. The first-order valence-electron chi connectivity index (χ1n) is 12.7. The molecule has 2 heterocycles. The van der Waals surface area contributed by atoms with Gasteiger partial charge >= 0.3 is 0 Å². The van der Waals surface area contributed by atoms with E-state index >= 15 is 0 Å². The smallest absolute Gasteiger partial charge is 0.271 e. The van der Waals surface area contributed by atoms with E-state index in [1.807, 2.05) is 66.7 Å². The number of amides is 2. The Kier molecular flexibility index (Phi) is 7.38. The molecule has 0 atom stereocenters. The van der Waals surface area contributed by atoms with E-state index in [0.29, 0.717) is 23.4 Å². The summed E-state index contributed by atoms with van der Waals surface area (Å²) in [6, 6.07) is 25.0. The topological polar surface area (TPSA) is 88.2 Å². The van der Waals surface area contributed by atoms with Crippen molar-refractivity contribution in [2.24, 2.45) is 0 Å². The second kappa shape index (κ2) is 11.2. The van der Waals surface area contributed by atoms with Crippen LogP contribution in [-0.4, -0.2) is 33.1 Å². The molecule has 0 fully saturated rings. The Morgan fingerprint density at radius 2 is 1.70 bits per heavy atom. The molecule has 1 aromatic heterocycles. The molecule has 0 unspecified atom stereocenters. The second-order valence-corrected chi connectivity index (χ2v) is 9.14. The molecule has 1 aliphatic rings. The first kappa shape index (κ1) is 26.3. The number of aromatic nitrogens is 2. The van der Waals surface area contributed by atoms with E-state index in [-0.39, 0.29) is 29.0 Å². The third-order valence-electron chi connectivity index (χ3n) is 6.58. The normalized spacial score (nSPS) is 14.6. The molecule has 8 heteroatoms. The minimum Gasteiger partial charge on any atom is -0.491 e. The van der Waals surface area contributed by atoms with Crippen molar-refractivity contribution < 1.29 is 18.7 Å². The molecule has 3 aromatic carbocycles. The van der Waals surface area contributed by atoms with E-state index < -0.39 is 17.6 Å². The highest BCUT2D eigenvalue weighted by Crippen LogP contribution is 2.33. The first-order chi connectivity index (χ1) is 19.4. The lowest BCUT2D eigenvalue weighted by atomic mass is 9.93. The Morgan fingerprint density at radius 3 is 2.35 bits per heavy atom. The lowest BCUT2D eigenvalue weighted by Gasteiger charge is -2.27. The number of carbonyl (C=O) groups excluding carboxylic acids is 2. The van der Waals surface area contributed by atoms with Gasteiger partial charge in [0.15, 0.2) is 11.6 Å². The Hall–Kier alpha value is -5.29. The van der Waals surface area contributed by atoms with Crippen molar-refractivity contribution in [3.63, 3.8) is 0 Å². The lowest BCUT2D eigenvalue weighted by Crippen LogP contribution is -2.42. The zero-order valence-electron chi connectivity index (χ0n) is 22.0. The molecule has 198 valence electrons. The number of para-hydroxylation sites is 1. The SMILES string of the molecule is CCOc1ccc(-c2nn(-c3ccccc3)cc2/C=C2/C(=O)N(Cc3ccccc3)C(=O)C(C#N)=C2C)cc1F. The van der Waals surface area contributed by atoms with E-state index in [9.17, 15) is 19.2 Å². The van der Waals surface area contributed by atoms with Crippen molar-refractivity contribution in [2.75, 3.05) is 6.61 Å². The minimum atomic E-state index is -0.639. The third-order valence-corrected chi connectivity index (χ3v) is 6.58. The highest BCUT2D eigenvalue weighted by Gasteiger charge is 2.35. The molecule has 0 saturated carbocycles. The number of hydrogen-bond donors (Lipinski definition) is 0. The van der Waals surface area contributed by atoms with Crippen molar-refractivity contribution in [1.29, 1.82) is 5.26 Å². The summed E-state index contributed by atoms with van der Waals surface area (Å²) in [7, 11) is 0. The van der Waals surface area contributed by atoms with Crippen LogP contribution in [0.25, 0.3) is 23.0 Å². The van der Waals surface area contributed by atoms with Gasteiger partial charge in [-0.3, -0.25) is 14.5 Å². The van der Waals surface area contributed by atoms with Crippen molar-refractivity contribution in [2.45, 2.75) is 20.4 Å². The van der Waals surface area contributed by atoms with Crippen LogP contribution in [0.3, 0.4) is 0 Å². The highest BCUT2D eigenvalue weighted by atomic mass is 19.1. The number of nitrogens with zero attached hydrogens (tertiary/aromatic N) is 4. The van der Waals surface area contributed by atoms with Crippen LogP contribution in [-0.2, 0) is 16.1 Å². The van der Waals surface area contributed by atoms with Gasteiger partial charge < -0.3 is 4.74 Å². The standard InChI is InChI=1S/C32H25FN4O3/c1-3-40-29-15-14-23(17-28(29)33)30-24(20-37(35-30)25-12-8-5-9-13-25)16-26-21(2)27(18-34)32(39)36(31(26)38)19-22-10-6-4-7-11-22/h4-17,20H,3,19H2,1-2H3/b26-16+. The number of rotatable bonds is 7. The fourth-order valence-electron chi connectivity index (χ4n) is 4.55. The number of nitriles is 1. The summed E-state index contributed by atoms with van der Waals surface area (Å²) < 4.78 is 21.8. The third kappa shape index (κ3) is 5.05. The number of hydrogen-bond acceptors (Lipinski definition) is 5. The first-order valence-corrected chi connectivity index (χ1v) is 12.7. The monoisotopic (exact) mass is 532 g/mol. The quantitative estimate of drug-likeness (QED) is 0.219. The number of ether oxygens (including phenoxy) is 1. The summed E-state index contributed by atoms with van der Waals surface area (Å²) in [5, 5.41) is 14.5. The summed E-state index contributed by atoms with van der Waals surface area (Å²) in [5.41, 5.74) is 3.29. The van der Waals surface area contributed by atoms with Gasteiger partial charge in [0.05, 0.1) is 18.8 Å². The van der Waals surface area contributed by atoms with E-state index in [1.54, 1.807) is 36.9 Å². The van der Waals surface area contributed by atoms with Gasteiger partial charge in [0, 0.05) is 22.9 Å². The van der Waals surface area contributed by atoms with Crippen LogP contribution >= 0.6 is 0 Å². The van der Waals surface area contributed by atoms with Crippen LogP contribution in [0.2, 0.25) is 0 Å². The number of imide groups is 1. The molecular weight excluding hydrogens is 507 g/mol. The largest absolute Gasteiger partial charge is 0.491 e. The minimum absolute atomic E-state index is 0.0224. The Labute approximate surface area is 231 Å². The van der Waals surface area contributed by atoms with Crippen LogP contribution < -0.4 is 4.74 Å². The molecule has 5 rings (SSSR count). The predicted molar refractivity (Wildman–Crippen MR) is 148 cm³/mol. The fraction of sp³-hybridized carbons (Fsp3) is 0.125. The van der Waals surface area contributed by atoms with E-state index in [0.717, 1.165) is 16.2 Å². The average Bonchev–Trinajstić information content (AvgIpc) is 3.40. The second-order valence-electron chi connectivity index (χ2n) is 9.14. The van der Waals surface area contributed by atoms with Gasteiger partial charge in [-0.05, 0) is 61.4 Å². The van der Waals surface area contributed by atoms with E-state index in [2.05, 4.69) is 0 Å². The maximum Gasteiger partial charge on any atom is 0.271 e. The Morgan fingerprint density at radius 1 is 1.00 bits per heavy atom. The van der Waals surface area contributed by atoms with Gasteiger partial charge in [0.25, 0.3) is 11.8 Å². The van der Waals surface area contributed by atoms with Crippen LogP contribution in [0.15, 0.2) is 102 Å².